The number of nitrogens with one attached hydrogen (secondary N) is 1. The number of thioether (sulfide) groups is 1. The van der Waals surface area contributed by atoms with Crippen molar-refractivity contribution in [3.05, 3.63) is 66.0 Å². The lowest BCUT2D eigenvalue weighted by atomic mass is 9.84. The van der Waals surface area contributed by atoms with Crippen LogP contribution in [-0.4, -0.2) is 39.1 Å². The van der Waals surface area contributed by atoms with E-state index in [1.807, 2.05) is 49.4 Å². The Morgan fingerprint density at radius 2 is 1.91 bits per heavy atom. The lowest BCUT2D eigenvalue weighted by Crippen LogP contribution is -2.40. The smallest absolute Gasteiger partial charge is 0.230 e. The van der Waals surface area contributed by atoms with Crippen molar-refractivity contribution in [1.29, 1.82) is 0 Å². The molecule has 0 radical (unpaired) electrons. The van der Waals surface area contributed by atoms with Gasteiger partial charge in [0.25, 0.3) is 0 Å². The average Bonchev–Trinajstić information content (AvgIpc) is 3.60. The molecule has 2 saturated carbocycles. The van der Waals surface area contributed by atoms with E-state index in [4.69, 9.17) is 4.74 Å². The van der Waals surface area contributed by atoms with Gasteiger partial charge in [0, 0.05) is 18.2 Å². The Morgan fingerprint density at radius 3 is 2.60 bits per heavy atom. The van der Waals surface area contributed by atoms with Crippen LogP contribution >= 0.6 is 11.8 Å². The van der Waals surface area contributed by atoms with E-state index in [0.717, 1.165) is 34.3 Å². The molecule has 1 amide bonds. The van der Waals surface area contributed by atoms with Crippen molar-refractivity contribution in [2.24, 2.45) is 17.8 Å². The normalized spacial score (nSPS) is 21.7. The lowest BCUT2D eigenvalue weighted by molar-refractivity contribution is -0.119. The first kappa shape index (κ1) is 23.9. The van der Waals surface area contributed by atoms with E-state index in [0.29, 0.717) is 24.7 Å². The van der Waals surface area contributed by atoms with Gasteiger partial charge in [0.2, 0.25) is 5.91 Å². The van der Waals surface area contributed by atoms with Crippen LogP contribution in [0, 0.1) is 17.8 Å². The average molecular weight is 491 g/mol. The van der Waals surface area contributed by atoms with Crippen molar-refractivity contribution < 1.29 is 9.53 Å². The third-order valence-corrected chi connectivity index (χ3v) is 8.40. The number of rotatable bonds is 10. The SMILES string of the molecule is CCOc1ccc(-n2c(Cc3ccccc3)nnc2SCC(=O)N[C@@H](C)[C@@H]2C[C@H]3CC[C@H]2C3)cc1. The Kier molecular flexibility index (Phi) is 7.42. The fraction of sp³-hybridized carbons (Fsp3) is 0.464. The van der Waals surface area contributed by atoms with Crippen LogP contribution in [0.4, 0.5) is 0 Å². The van der Waals surface area contributed by atoms with Crippen molar-refractivity contribution in [1.82, 2.24) is 20.1 Å². The Morgan fingerprint density at radius 1 is 1.11 bits per heavy atom. The van der Waals surface area contributed by atoms with Gasteiger partial charge in [-0.1, -0.05) is 48.5 Å². The van der Waals surface area contributed by atoms with Gasteiger partial charge < -0.3 is 10.1 Å². The van der Waals surface area contributed by atoms with Crippen LogP contribution in [0.1, 0.15) is 50.9 Å². The van der Waals surface area contributed by atoms with Gasteiger partial charge in [-0.05, 0) is 80.7 Å². The van der Waals surface area contributed by atoms with Gasteiger partial charge in [-0.3, -0.25) is 9.36 Å². The maximum absolute atomic E-state index is 12.8. The molecule has 2 aliphatic carbocycles. The summed E-state index contributed by atoms with van der Waals surface area (Å²) in [5, 5.41) is 13.0. The summed E-state index contributed by atoms with van der Waals surface area (Å²) in [7, 11) is 0. The van der Waals surface area contributed by atoms with Gasteiger partial charge in [-0.2, -0.15) is 0 Å². The largest absolute Gasteiger partial charge is 0.494 e. The van der Waals surface area contributed by atoms with Crippen LogP contribution in [0.3, 0.4) is 0 Å². The van der Waals surface area contributed by atoms with Crippen LogP contribution in [0.15, 0.2) is 59.8 Å². The first-order valence-corrected chi connectivity index (χ1v) is 13.7. The Balaban J connectivity index is 1.29. The summed E-state index contributed by atoms with van der Waals surface area (Å²) < 4.78 is 7.67. The molecule has 1 N–H and O–H groups in total. The second-order valence-corrected chi connectivity index (χ2v) is 10.7. The number of hydrogen-bond donors (Lipinski definition) is 1. The summed E-state index contributed by atoms with van der Waals surface area (Å²) >= 11 is 1.44. The standard InChI is InChI=1S/C28H34N4O2S/c1-3-34-24-13-11-23(12-14-24)32-26(17-20-7-5-4-6-8-20)30-31-28(32)35-18-27(33)29-19(2)25-16-21-9-10-22(25)15-21/h4-8,11-14,19,21-22,25H,3,9-10,15-18H2,1-2H3,(H,29,33)/t19-,21-,22-,25-/m0/s1. The lowest BCUT2D eigenvalue weighted by Gasteiger charge is -2.28. The molecule has 1 heterocycles. The van der Waals surface area contributed by atoms with Gasteiger partial charge in [-0.25, -0.2) is 0 Å². The minimum Gasteiger partial charge on any atom is -0.494 e. The fourth-order valence-electron chi connectivity index (χ4n) is 5.84. The zero-order valence-corrected chi connectivity index (χ0v) is 21.3. The number of amides is 1. The molecule has 7 heteroatoms. The number of ether oxygens (including phenoxy) is 1. The zero-order chi connectivity index (χ0) is 24.2. The van der Waals surface area contributed by atoms with Gasteiger partial charge in [0.15, 0.2) is 5.16 Å². The Labute approximate surface area is 211 Å². The van der Waals surface area contributed by atoms with Crippen molar-refractivity contribution in [2.45, 2.75) is 57.1 Å². The molecule has 35 heavy (non-hydrogen) atoms. The molecular weight excluding hydrogens is 456 g/mol. The number of carbonyl (C=O) groups excluding carboxylic acids is 1. The van der Waals surface area contributed by atoms with E-state index in [1.165, 1.54) is 43.0 Å². The summed E-state index contributed by atoms with van der Waals surface area (Å²) in [4.78, 5) is 12.8. The van der Waals surface area contributed by atoms with Crippen molar-refractivity contribution in [2.75, 3.05) is 12.4 Å². The summed E-state index contributed by atoms with van der Waals surface area (Å²) in [6, 6.07) is 18.5. The molecule has 2 bridgehead atoms. The summed E-state index contributed by atoms with van der Waals surface area (Å²) in [6.45, 7) is 4.78. The zero-order valence-electron chi connectivity index (χ0n) is 20.5. The number of carbonyl (C=O) groups is 1. The molecule has 0 unspecified atom stereocenters. The highest BCUT2D eigenvalue weighted by Gasteiger charge is 2.42. The van der Waals surface area contributed by atoms with E-state index in [1.54, 1.807) is 0 Å². The number of hydrogen-bond acceptors (Lipinski definition) is 5. The molecule has 0 saturated heterocycles. The minimum atomic E-state index is 0.0659. The summed E-state index contributed by atoms with van der Waals surface area (Å²) in [5.41, 5.74) is 2.13. The van der Waals surface area contributed by atoms with Crippen LogP contribution in [0.2, 0.25) is 0 Å². The summed E-state index contributed by atoms with van der Waals surface area (Å²) in [5.74, 6) is 4.38. The topological polar surface area (TPSA) is 69.0 Å². The fourth-order valence-corrected chi connectivity index (χ4v) is 6.63. The first-order chi connectivity index (χ1) is 17.1. The van der Waals surface area contributed by atoms with Crippen LogP contribution in [0.5, 0.6) is 5.75 Å². The van der Waals surface area contributed by atoms with Crippen LogP contribution in [-0.2, 0) is 11.2 Å². The molecule has 1 aromatic heterocycles. The second kappa shape index (κ2) is 10.9. The predicted molar refractivity (Wildman–Crippen MR) is 139 cm³/mol. The van der Waals surface area contributed by atoms with Crippen molar-refractivity contribution >= 4 is 17.7 Å². The first-order valence-electron chi connectivity index (χ1n) is 12.7. The monoisotopic (exact) mass is 490 g/mol. The highest BCUT2D eigenvalue weighted by Crippen LogP contribution is 2.49. The van der Waals surface area contributed by atoms with Gasteiger partial charge in [-0.15, -0.1) is 10.2 Å². The number of aromatic nitrogens is 3. The molecule has 0 aliphatic heterocycles. The molecule has 0 spiro atoms. The van der Waals surface area contributed by atoms with E-state index >= 15 is 0 Å². The minimum absolute atomic E-state index is 0.0659. The Bertz CT molecular complexity index is 1130. The number of benzene rings is 2. The maximum Gasteiger partial charge on any atom is 0.230 e. The van der Waals surface area contributed by atoms with Gasteiger partial charge in [0.05, 0.1) is 12.4 Å². The third-order valence-electron chi connectivity index (χ3n) is 7.47. The predicted octanol–water partition coefficient (Wildman–Crippen LogP) is 5.29. The highest BCUT2D eigenvalue weighted by atomic mass is 32.2. The van der Waals surface area contributed by atoms with Crippen molar-refractivity contribution in [3.63, 3.8) is 0 Å². The molecular formula is C28H34N4O2S. The molecule has 6 nitrogen and oxygen atoms in total. The quantitative estimate of drug-likeness (QED) is 0.391. The van der Waals surface area contributed by atoms with Crippen LogP contribution < -0.4 is 10.1 Å². The van der Waals surface area contributed by atoms with Gasteiger partial charge >= 0.3 is 0 Å². The summed E-state index contributed by atoms with van der Waals surface area (Å²) in [6.07, 6.45) is 6.00. The van der Waals surface area contributed by atoms with E-state index < -0.39 is 0 Å². The van der Waals surface area contributed by atoms with Crippen molar-refractivity contribution in [3.8, 4) is 11.4 Å². The van der Waals surface area contributed by atoms with E-state index in [2.05, 4.69) is 39.1 Å². The molecule has 3 aromatic rings. The second-order valence-electron chi connectivity index (χ2n) is 9.81. The molecule has 2 aromatic carbocycles. The number of fused-ring (bicyclic) bond motifs is 2. The Hall–Kier alpha value is -2.80. The van der Waals surface area contributed by atoms with E-state index in [9.17, 15) is 4.79 Å². The molecule has 2 aliphatic rings. The van der Waals surface area contributed by atoms with Crippen LogP contribution in [0.25, 0.3) is 5.69 Å². The third kappa shape index (κ3) is 5.56. The molecule has 2 fully saturated rings. The number of nitrogens with zero attached hydrogens (tertiary/aromatic N) is 3. The maximum atomic E-state index is 12.8. The molecule has 4 atom stereocenters. The van der Waals surface area contributed by atoms with Gasteiger partial charge in [0.1, 0.15) is 11.6 Å². The highest BCUT2D eigenvalue weighted by molar-refractivity contribution is 7.99. The van der Waals surface area contributed by atoms with E-state index in [-0.39, 0.29) is 11.9 Å². The molecule has 184 valence electrons. The molecule has 5 rings (SSSR count).